The molecule has 118 valence electrons. The summed E-state index contributed by atoms with van der Waals surface area (Å²) in [6.07, 6.45) is 0.371. The van der Waals surface area contributed by atoms with E-state index in [4.69, 9.17) is 21.1 Å². The summed E-state index contributed by atoms with van der Waals surface area (Å²) in [6.45, 7) is 7.46. The van der Waals surface area contributed by atoms with Crippen LogP contribution in [0.4, 0.5) is 0 Å². The number of hydrogen-bond acceptors (Lipinski definition) is 3. The van der Waals surface area contributed by atoms with E-state index < -0.39 is 11.4 Å². The molecule has 0 aliphatic heterocycles. The summed E-state index contributed by atoms with van der Waals surface area (Å²) in [5.74, 6) is 0.379. The van der Waals surface area contributed by atoms with Gasteiger partial charge < -0.3 is 14.6 Å². The first kappa shape index (κ1) is 17.6. The lowest BCUT2D eigenvalue weighted by atomic mass is 9.82. The summed E-state index contributed by atoms with van der Waals surface area (Å²) in [5.41, 5.74) is 0.931. The fourth-order valence-corrected chi connectivity index (χ4v) is 2.69. The molecule has 0 unspecified atom stereocenters. The lowest BCUT2D eigenvalue weighted by Gasteiger charge is -2.25. The Labute approximate surface area is 131 Å². The van der Waals surface area contributed by atoms with Gasteiger partial charge in [-0.1, -0.05) is 25.4 Å². The van der Waals surface area contributed by atoms with Crippen molar-refractivity contribution in [3.63, 3.8) is 0 Å². The Morgan fingerprint density at radius 3 is 2.19 bits per heavy atom. The molecular weight excluding hydrogens is 292 g/mol. The number of carboxylic acids is 1. The number of rotatable bonds is 6. The van der Waals surface area contributed by atoms with Gasteiger partial charge in [0.1, 0.15) is 0 Å². The molecule has 0 aliphatic rings. The molecule has 21 heavy (non-hydrogen) atoms. The Kier molecular flexibility index (Phi) is 5.51. The van der Waals surface area contributed by atoms with Gasteiger partial charge in [0.2, 0.25) is 0 Å². The number of carbonyl (C=O) groups is 1. The highest BCUT2D eigenvalue weighted by molar-refractivity contribution is 6.32. The van der Waals surface area contributed by atoms with E-state index >= 15 is 0 Å². The van der Waals surface area contributed by atoms with Gasteiger partial charge in [-0.2, -0.15) is 0 Å². The summed E-state index contributed by atoms with van der Waals surface area (Å²) in [5, 5.41) is 9.77. The van der Waals surface area contributed by atoms with E-state index in [-0.39, 0.29) is 5.92 Å². The summed E-state index contributed by atoms with van der Waals surface area (Å²) >= 11 is 6.25. The van der Waals surface area contributed by atoms with Gasteiger partial charge in [0.05, 0.1) is 24.7 Å². The van der Waals surface area contributed by atoms with Crippen LogP contribution >= 0.6 is 11.6 Å². The van der Waals surface area contributed by atoms with Gasteiger partial charge in [-0.05, 0) is 37.8 Å². The first-order chi connectivity index (χ1) is 9.65. The Hall–Kier alpha value is -1.42. The van der Waals surface area contributed by atoms with Gasteiger partial charge in [0.25, 0.3) is 0 Å². The van der Waals surface area contributed by atoms with Crippen LogP contribution in [0.2, 0.25) is 5.02 Å². The Morgan fingerprint density at radius 2 is 1.81 bits per heavy atom. The number of hydrogen-bond donors (Lipinski definition) is 1. The number of ether oxygens (including phenoxy) is 2. The topological polar surface area (TPSA) is 55.8 Å². The van der Waals surface area contributed by atoms with E-state index in [2.05, 4.69) is 0 Å². The van der Waals surface area contributed by atoms with Crippen molar-refractivity contribution in [3.8, 4) is 11.5 Å². The molecule has 0 atom stereocenters. The van der Waals surface area contributed by atoms with Gasteiger partial charge in [0.15, 0.2) is 11.5 Å². The van der Waals surface area contributed by atoms with Crippen molar-refractivity contribution in [1.29, 1.82) is 0 Å². The molecule has 0 bridgehead atoms. The zero-order valence-electron chi connectivity index (χ0n) is 13.4. The van der Waals surface area contributed by atoms with Crippen LogP contribution in [-0.4, -0.2) is 25.3 Å². The molecule has 4 nitrogen and oxygen atoms in total. The van der Waals surface area contributed by atoms with Crippen LogP contribution in [0, 0.1) is 5.41 Å². The van der Waals surface area contributed by atoms with Gasteiger partial charge >= 0.3 is 5.97 Å². The fraction of sp³-hybridized carbons (Fsp3) is 0.562. The van der Waals surface area contributed by atoms with Crippen molar-refractivity contribution >= 4 is 17.6 Å². The summed E-state index contributed by atoms with van der Waals surface area (Å²) in [6, 6.07) is 1.78. The zero-order chi connectivity index (χ0) is 16.4. The van der Waals surface area contributed by atoms with E-state index in [1.54, 1.807) is 27.0 Å². The minimum Gasteiger partial charge on any atom is -0.492 e. The Balaban J connectivity index is 3.52. The third-order valence-electron chi connectivity index (χ3n) is 3.51. The normalized spacial score (nSPS) is 11.6. The Bertz CT molecular complexity index is 536. The maximum atomic E-state index is 11.4. The maximum Gasteiger partial charge on any atom is 0.309 e. The van der Waals surface area contributed by atoms with Gasteiger partial charge in [-0.15, -0.1) is 0 Å². The standard InChI is InChI=1S/C16H23ClO4/c1-9(2)12-10(8-16(3,4)15(18)19)7-11(17)13(20-5)14(12)21-6/h7,9H,8H2,1-6H3,(H,18,19). The Morgan fingerprint density at radius 1 is 1.29 bits per heavy atom. The molecule has 0 heterocycles. The highest BCUT2D eigenvalue weighted by atomic mass is 35.5. The molecule has 0 radical (unpaired) electrons. The van der Waals surface area contributed by atoms with Crippen LogP contribution in [0.3, 0.4) is 0 Å². The summed E-state index contributed by atoms with van der Waals surface area (Å²) in [4.78, 5) is 11.4. The zero-order valence-corrected chi connectivity index (χ0v) is 14.2. The highest BCUT2D eigenvalue weighted by Gasteiger charge is 2.31. The molecular formula is C16H23ClO4. The first-order valence-corrected chi connectivity index (χ1v) is 7.20. The number of benzene rings is 1. The molecule has 1 rings (SSSR count). The number of carboxylic acid groups (broad SMARTS) is 1. The minimum atomic E-state index is -0.882. The van der Waals surface area contributed by atoms with Gasteiger partial charge in [-0.3, -0.25) is 4.79 Å². The van der Waals surface area contributed by atoms with Crippen LogP contribution < -0.4 is 9.47 Å². The smallest absolute Gasteiger partial charge is 0.309 e. The van der Waals surface area contributed by atoms with Crippen molar-refractivity contribution in [2.75, 3.05) is 14.2 Å². The van der Waals surface area contributed by atoms with Gasteiger partial charge in [0, 0.05) is 5.56 Å². The number of aliphatic carboxylic acids is 1. The van der Waals surface area contributed by atoms with Crippen LogP contribution in [-0.2, 0) is 11.2 Å². The molecule has 1 aromatic carbocycles. The average Bonchev–Trinajstić information content (AvgIpc) is 2.36. The van der Waals surface area contributed by atoms with E-state index in [0.29, 0.717) is 22.9 Å². The number of halogens is 1. The third-order valence-corrected chi connectivity index (χ3v) is 3.79. The predicted octanol–water partition coefficient (Wildman–Crippen LogP) is 4.13. The van der Waals surface area contributed by atoms with E-state index in [1.165, 1.54) is 7.11 Å². The summed E-state index contributed by atoms with van der Waals surface area (Å²) < 4.78 is 10.8. The second kappa shape index (κ2) is 6.56. The maximum absolute atomic E-state index is 11.4. The predicted molar refractivity (Wildman–Crippen MR) is 83.8 cm³/mol. The van der Waals surface area contributed by atoms with Crippen molar-refractivity contribution < 1.29 is 19.4 Å². The lowest BCUT2D eigenvalue weighted by Crippen LogP contribution is -2.27. The SMILES string of the molecule is COc1c(Cl)cc(CC(C)(C)C(=O)O)c(C(C)C)c1OC. The molecule has 0 amide bonds. The molecule has 0 aromatic heterocycles. The largest absolute Gasteiger partial charge is 0.492 e. The van der Waals surface area contributed by atoms with Crippen LogP contribution in [0.15, 0.2) is 6.07 Å². The molecule has 0 fully saturated rings. The highest BCUT2D eigenvalue weighted by Crippen LogP contribution is 2.44. The monoisotopic (exact) mass is 314 g/mol. The molecule has 5 heteroatoms. The quantitative estimate of drug-likeness (QED) is 0.857. The molecule has 0 saturated carbocycles. The first-order valence-electron chi connectivity index (χ1n) is 6.82. The van der Waals surface area contributed by atoms with Crippen molar-refractivity contribution in [2.24, 2.45) is 5.41 Å². The molecule has 0 spiro atoms. The van der Waals surface area contributed by atoms with Gasteiger partial charge in [-0.25, -0.2) is 0 Å². The second-order valence-corrected chi connectivity index (χ2v) is 6.43. The van der Waals surface area contributed by atoms with Crippen molar-refractivity contribution in [1.82, 2.24) is 0 Å². The van der Waals surface area contributed by atoms with Crippen molar-refractivity contribution in [2.45, 2.75) is 40.0 Å². The summed E-state index contributed by atoms with van der Waals surface area (Å²) in [7, 11) is 3.10. The fourth-order valence-electron chi connectivity index (χ4n) is 2.40. The molecule has 1 aromatic rings. The molecule has 1 N–H and O–H groups in total. The lowest BCUT2D eigenvalue weighted by molar-refractivity contribution is -0.146. The third kappa shape index (κ3) is 3.62. The number of methoxy groups -OCH3 is 2. The molecule has 0 aliphatic carbocycles. The van der Waals surface area contributed by atoms with E-state index in [0.717, 1.165) is 11.1 Å². The molecule has 0 saturated heterocycles. The van der Waals surface area contributed by atoms with E-state index in [1.807, 2.05) is 13.8 Å². The second-order valence-electron chi connectivity index (χ2n) is 6.02. The average molecular weight is 315 g/mol. The minimum absolute atomic E-state index is 0.158. The van der Waals surface area contributed by atoms with Crippen LogP contribution in [0.25, 0.3) is 0 Å². The van der Waals surface area contributed by atoms with E-state index in [9.17, 15) is 9.90 Å². The van der Waals surface area contributed by atoms with Crippen LogP contribution in [0.1, 0.15) is 44.7 Å². The van der Waals surface area contributed by atoms with Crippen molar-refractivity contribution in [3.05, 3.63) is 22.2 Å². The van der Waals surface area contributed by atoms with Crippen LogP contribution in [0.5, 0.6) is 11.5 Å².